The summed E-state index contributed by atoms with van der Waals surface area (Å²) in [6.45, 7) is 1.20. The van der Waals surface area contributed by atoms with Crippen molar-refractivity contribution in [2.24, 2.45) is 0 Å². The van der Waals surface area contributed by atoms with Gasteiger partial charge in [0.25, 0.3) is 5.91 Å². The molecule has 0 saturated carbocycles. The van der Waals surface area contributed by atoms with E-state index < -0.39 is 29.2 Å². The van der Waals surface area contributed by atoms with Crippen molar-refractivity contribution in [3.63, 3.8) is 0 Å². The van der Waals surface area contributed by atoms with E-state index in [9.17, 15) is 22.8 Å². The monoisotopic (exact) mass is 366 g/mol. The van der Waals surface area contributed by atoms with Gasteiger partial charge >= 0.3 is 6.18 Å². The molecule has 0 unspecified atom stereocenters. The molecule has 0 radical (unpaired) electrons. The standard InChI is InChI=1S/C17H13F3N2O4/c1-9(23)21-11-3-4-13(12(7-11)17(18,19)20)22-16(24)10-2-5-14-15(6-10)26-8-25-14/h2-7H,8H2,1H3,(H,21,23)(H,22,24). The summed E-state index contributed by atoms with van der Waals surface area (Å²) in [5.41, 5.74) is -1.40. The van der Waals surface area contributed by atoms with Crippen LogP contribution in [0.5, 0.6) is 11.5 Å². The van der Waals surface area contributed by atoms with Gasteiger partial charge in [-0.05, 0) is 36.4 Å². The maximum absolute atomic E-state index is 13.3. The van der Waals surface area contributed by atoms with Gasteiger partial charge in [0.05, 0.1) is 11.3 Å². The lowest BCUT2D eigenvalue weighted by Crippen LogP contribution is -2.17. The summed E-state index contributed by atoms with van der Waals surface area (Å²) < 4.78 is 50.2. The number of benzene rings is 2. The molecule has 9 heteroatoms. The lowest BCUT2D eigenvalue weighted by molar-refractivity contribution is -0.137. The largest absolute Gasteiger partial charge is 0.454 e. The zero-order valence-electron chi connectivity index (χ0n) is 13.4. The SMILES string of the molecule is CC(=O)Nc1ccc(NC(=O)c2ccc3c(c2)OCO3)c(C(F)(F)F)c1. The van der Waals surface area contributed by atoms with E-state index in [4.69, 9.17) is 9.47 Å². The number of rotatable bonds is 3. The van der Waals surface area contributed by atoms with Crippen LogP contribution in [0.15, 0.2) is 36.4 Å². The van der Waals surface area contributed by atoms with E-state index in [1.54, 1.807) is 0 Å². The molecule has 0 spiro atoms. The van der Waals surface area contributed by atoms with Crippen LogP contribution in [-0.4, -0.2) is 18.6 Å². The second-order valence-corrected chi connectivity index (χ2v) is 5.46. The molecule has 2 aromatic carbocycles. The lowest BCUT2D eigenvalue weighted by atomic mass is 10.1. The van der Waals surface area contributed by atoms with Crippen molar-refractivity contribution in [2.75, 3.05) is 17.4 Å². The Bertz CT molecular complexity index is 881. The Labute approximate surface area is 145 Å². The van der Waals surface area contributed by atoms with Crippen molar-refractivity contribution < 1.29 is 32.2 Å². The molecule has 0 bridgehead atoms. The number of hydrogen-bond donors (Lipinski definition) is 2. The van der Waals surface area contributed by atoms with Gasteiger partial charge in [0.2, 0.25) is 12.7 Å². The van der Waals surface area contributed by atoms with Gasteiger partial charge in [-0.15, -0.1) is 0 Å². The number of nitrogens with one attached hydrogen (secondary N) is 2. The maximum atomic E-state index is 13.3. The van der Waals surface area contributed by atoms with Crippen LogP contribution in [0.3, 0.4) is 0 Å². The third-order valence-corrected chi connectivity index (χ3v) is 3.53. The van der Waals surface area contributed by atoms with E-state index in [1.165, 1.54) is 31.2 Å². The van der Waals surface area contributed by atoms with Gasteiger partial charge in [0.1, 0.15) is 0 Å². The highest BCUT2D eigenvalue weighted by Crippen LogP contribution is 2.37. The molecule has 6 nitrogen and oxygen atoms in total. The summed E-state index contributed by atoms with van der Waals surface area (Å²) in [5, 5.41) is 4.51. The molecule has 1 heterocycles. The number of amides is 2. The van der Waals surface area contributed by atoms with E-state index in [0.29, 0.717) is 11.5 Å². The summed E-state index contributed by atoms with van der Waals surface area (Å²) in [7, 11) is 0. The lowest BCUT2D eigenvalue weighted by Gasteiger charge is -2.15. The number of anilines is 2. The number of fused-ring (bicyclic) bond motifs is 1. The Morgan fingerprint density at radius 3 is 2.42 bits per heavy atom. The highest BCUT2D eigenvalue weighted by atomic mass is 19.4. The minimum atomic E-state index is -4.72. The molecule has 26 heavy (non-hydrogen) atoms. The molecule has 0 aromatic heterocycles. The smallest absolute Gasteiger partial charge is 0.418 e. The molecule has 1 aliphatic heterocycles. The molecule has 2 amide bonds. The Balaban J connectivity index is 1.88. The molecule has 1 aliphatic rings. The molecule has 0 atom stereocenters. The van der Waals surface area contributed by atoms with Gasteiger partial charge in [-0.1, -0.05) is 0 Å². The van der Waals surface area contributed by atoms with Gasteiger partial charge < -0.3 is 20.1 Å². The number of halogens is 3. The normalized spacial score (nSPS) is 12.6. The molecule has 136 valence electrons. The third kappa shape index (κ3) is 3.71. The Morgan fingerprint density at radius 2 is 1.73 bits per heavy atom. The Kier molecular flexibility index (Phi) is 4.45. The molecular weight excluding hydrogens is 353 g/mol. The van der Waals surface area contributed by atoms with Crippen LogP contribution in [-0.2, 0) is 11.0 Å². The molecule has 2 N–H and O–H groups in total. The molecular formula is C17H13F3N2O4. The van der Waals surface area contributed by atoms with E-state index in [1.807, 2.05) is 0 Å². The van der Waals surface area contributed by atoms with Crippen LogP contribution in [0.4, 0.5) is 24.5 Å². The van der Waals surface area contributed by atoms with Crippen molar-refractivity contribution in [2.45, 2.75) is 13.1 Å². The van der Waals surface area contributed by atoms with E-state index in [2.05, 4.69) is 10.6 Å². The molecule has 0 fully saturated rings. The molecule has 0 saturated heterocycles. The van der Waals surface area contributed by atoms with Gasteiger partial charge in [0, 0.05) is 18.2 Å². The van der Waals surface area contributed by atoms with Gasteiger partial charge in [-0.3, -0.25) is 9.59 Å². The maximum Gasteiger partial charge on any atom is 0.418 e. The van der Waals surface area contributed by atoms with Gasteiger partial charge in [-0.2, -0.15) is 13.2 Å². The van der Waals surface area contributed by atoms with Crippen molar-refractivity contribution in [3.8, 4) is 11.5 Å². The van der Waals surface area contributed by atoms with Crippen LogP contribution in [0, 0.1) is 0 Å². The Hall–Kier alpha value is -3.23. The van der Waals surface area contributed by atoms with E-state index >= 15 is 0 Å². The molecule has 3 rings (SSSR count). The number of ether oxygens (including phenoxy) is 2. The van der Waals surface area contributed by atoms with Crippen molar-refractivity contribution in [1.82, 2.24) is 0 Å². The van der Waals surface area contributed by atoms with Crippen LogP contribution < -0.4 is 20.1 Å². The summed E-state index contributed by atoms with van der Waals surface area (Å²) in [6, 6.07) is 7.42. The zero-order chi connectivity index (χ0) is 18.9. The highest BCUT2D eigenvalue weighted by Gasteiger charge is 2.34. The van der Waals surface area contributed by atoms with Crippen molar-refractivity contribution in [1.29, 1.82) is 0 Å². The predicted molar refractivity (Wildman–Crippen MR) is 86.3 cm³/mol. The first-order valence-corrected chi connectivity index (χ1v) is 7.44. The average Bonchev–Trinajstić information content (AvgIpc) is 3.02. The number of carbonyl (C=O) groups is 2. The van der Waals surface area contributed by atoms with E-state index in [-0.39, 0.29) is 18.0 Å². The second kappa shape index (κ2) is 6.58. The fourth-order valence-electron chi connectivity index (χ4n) is 2.40. The molecule has 0 aliphatic carbocycles. The van der Waals surface area contributed by atoms with Crippen LogP contribution in [0.2, 0.25) is 0 Å². The second-order valence-electron chi connectivity index (χ2n) is 5.46. The number of hydrogen-bond acceptors (Lipinski definition) is 4. The Morgan fingerprint density at radius 1 is 1.00 bits per heavy atom. The topological polar surface area (TPSA) is 76.7 Å². The molecule has 2 aromatic rings. The highest BCUT2D eigenvalue weighted by molar-refractivity contribution is 6.05. The first-order chi connectivity index (χ1) is 12.2. The van der Waals surface area contributed by atoms with Crippen LogP contribution in [0.1, 0.15) is 22.8 Å². The van der Waals surface area contributed by atoms with E-state index in [0.717, 1.165) is 12.1 Å². The fraction of sp³-hybridized carbons (Fsp3) is 0.176. The quantitative estimate of drug-likeness (QED) is 0.870. The first-order valence-electron chi connectivity index (χ1n) is 7.44. The minimum Gasteiger partial charge on any atom is -0.454 e. The van der Waals surface area contributed by atoms with Crippen molar-refractivity contribution in [3.05, 3.63) is 47.5 Å². The van der Waals surface area contributed by atoms with Gasteiger partial charge in [0.15, 0.2) is 11.5 Å². The summed E-state index contributed by atoms with van der Waals surface area (Å²) in [4.78, 5) is 23.3. The fourth-order valence-corrected chi connectivity index (χ4v) is 2.40. The van der Waals surface area contributed by atoms with Crippen LogP contribution in [0.25, 0.3) is 0 Å². The van der Waals surface area contributed by atoms with Crippen molar-refractivity contribution >= 4 is 23.2 Å². The zero-order valence-corrected chi connectivity index (χ0v) is 13.4. The summed E-state index contributed by atoms with van der Waals surface area (Å²) in [6.07, 6.45) is -4.72. The number of carbonyl (C=O) groups excluding carboxylic acids is 2. The van der Waals surface area contributed by atoms with Crippen LogP contribution >= 0.6 is 0 Å². The third-order valence-electron chi connectivity index (χ3n) is 3.53. The number of alkyl halides is 3. The summed E-state index contributed by atoms with van der Waals surface area (Å²) in [5.74, 6) is -0.441. The average molecular weight is 366 g/mol. The predicted octanol–water partition coefficient (Wildman–Crippen LogP) is 3.64. The first kappa shape index (κ1) is 17.6. The van der Waals surface area contributed by atoms with Gasteiger partial charge in [-0.25, -0.2) is 0 Å². The summed E-state index contributed by atoms with van der Waals surface area (Å²) >= 11 is 0. The minimum absolute atomic E-state index is 0.0171.